The fraction of sp³-hybridized carbons (Fsp3) is 0.750. The zero-order valence-electron chi connectivity index (χ0n) is 10.5. The van der Waals surface area contributed by atoms with E-state index in [9.17, 15) is 0 Å². The quantitative estimate of drug-likeness (QED) is 0.691. The van der Waals surface area contributed by atoms with Gasteiger partial charge in [0.1, 0.15) is 6.10 Å². The van der Waals surface area contributed by atoms with Crippen molar-refractivity contribution in [3.05, 3.63) is 17.8 Å². The van der Waals surface area contributed by atoms with Gasteiger partial charge < -0.3 is 14.5 Å². The highest BCUT2D eigenvalue weighted by Crippen LogP contribution is 2.16. The minimum absolute atomic E-state index is 0.0144. The highest BCUT2D eigenvalue weighted by molar-refractivity contribution is 4.97. The molecule has 0 aliphatic carbocycles. The van der Waals surface area contributed by atoms with Gasteiger partial charge in [0.25, 0.3) is 0 Å². The SMILES string of the molecule is CCCNCCCc1ncc(C(C)OC)o1. The van der Waals surface area contributed by atoms with Gasteiger partial charge in [0.2, 0.25) is 0 Å². The maximum Gasteiger partial charge on any atom is 0.194 e. The Bertz CT molecular complexity index is 286. The van der Waals surface area contributed by atoms with Crippen LogP contribution in [0.3, 0.4) is 0 Å². The van der Waals surface area contributed by atoms with E-state index >= 15 is 0 Å². The molecule has 16 heavy (non-hydrogen) atoms. The van der Waals surface area contributed by atoms with E-state index in [1.165, 1.54) is 6.42 Å². The number of hydrogen-bond acceptors (Lipinski definition) is 4. The van der Waals surface area contributed by atoms with Crippen LogP contribution in [-0.2, 0) is 11.2 Å². The third kappa shape index (κ3) is 4.33. The van der Waals surface area contributed by atoms with Gasteiger partial charge >= 0.3 is 0 Å². The first kappa shape index (κ1) is 13.2. The molecule has 4 nitrogen and oxygen atoms in total. The molecule has 0 saturated heterocycles. The Labute approximate surface area is 97.4 Å². The molecular weight excluding hydrogens is 204 g/mol. The molecule has 1 heterocycles. The van der Waals surface area contributed by atoms with Gasteiger partial charge in [-0.05, 0) is 32.9 Å². The summed E-state index contributed by atoms with van der Waals surface area (Å²) in [6.07, 6.45) is 4.85. The van der Waals surface area contributed by atoms with Gasteiger partial charge in [-0.1, -0.05) is 6.92 Å². The number of methoxy groups -OCH3 is 1. The number of oxazole rings is 1. The molecule has 0 bridgehead atoms. The molecule has 1 rings (SSSR count). The van der Waals surface area contributed by atoms with Gasteiger partial charge in [-0.2, -0.15) is 0 Å². The van der Waals surface area contributed by atoms with Crippen LogP contribution in [-0.4, -0.2) is 25.2 Å². The lowest BCUT2D eigenvalue weighted by Crippen LogP contribution is -2.16. The van der Waals surface area contributed by atoms with Crippen molar-refractivity contribution in [2.24, 2.45) is 0 Å². The second kappa shape index (κ2) is 7.41. The maximum absolute atomic E-state index is 5.58. The third-order valence-electron chi connectivity index (χ3n) is 2.50. The van der Waals surface area contributed by atoms with E-state index < -0.39 is 0 Å². The molecule has 0 amide bonds. The summed E-state index contributed by atoms with van der Waals surface area (Å²) in [6, 6.07) is 0. The predicted molar refractivity (Wildman–Crippen MR) is 63.4 cm³/mol. The number of hydrogen-bond donors (Lipinski definition) is 1. The molecule has 1 N–H and O–H groups in total. The van der Waals surface area contributed by atoms with Crippen LogP contribution in [0, 0.1) is 0 Å². The Hall–Kier alpha value is -0.870. The van der Waals surface area contributed by atoms with E-state index in [2.05, 4.69) is 17.2 Å². The lowest BCUT2D eigenvalue weighted by atomic mass is 10.3. The van der Waals surface area contributed by atoms with Gasteiger partial charge in [-0.25, -0.2) is 4.98 Å². The van der Waals surface area contributed by atoms with Gasteiger partial charge in [0.05, 0.1) is 6.20 Å². The number of aryl methyl sites for hydroxylation is 1. The van der Waals surface area contributed by atoms with Crippen LogP contribution in [0.4, 0.5) is 0 Å². The van der Waals surface area contributed by atoms with Crippen LogP contribution in [0.2, 0.25) is 0 Å². The number of rotatable bonds is 8. The fourth-order valence-corrected chi connectivity index (χ4v) is 1.41. The highest BCUT2D eigenvalue weighted by atomic mass is 16.5. The summed E-state index contributed by atoms with van der Waals surface area (Å²) in [5, 5.41) is 3.35. The first-order chi connectivity index (χ1) is 7.77. The largest absolute Gasteiger partial charge is 0.443 e. The van der Waals surface area contributed by atoms with Crippen molar-refractivity contribution in [3.63, 3.8) is 0 Å². The molecular formula is C12H22N2O2. The lowest BCUT2D eigenvalue weighted by molar-refractivity contribution is 0.0982. The van der Waals surface area contributed by atoms with Crippen LogP contribution in [0.1, 0.15) is 44.4 Å². The van der Waals surface area contributed by atoms with E-state index in [4.69, 9.17) is 9.15 Å². The zero-order valence-corrected chi connectivity index (χ0v) is 10.5. The smallest absolute Gasteiger partial charge is 0.194 e. The second-order valence-corrected chi connectivity index (χ2v) is 3.89. The van der Waals surface area contributed by atoms with Crippen LogP contribution in [0.5, 0.6) is 0 Å². The Balaban J connectivity index is 2.24. The summed E-state index contributed by atoms with van der Waals surface area (Å²) in [4.78, 5) is 4.23. The third-order valence-corrected chi connectivity index (χ3v) is 2.50. The van der Waals surface area contributed by atoms with E-state index in [0.717, 1.165) is 37.6 Å². The molecule has 0 radical (unpaired) electrons. The maximum atomic E-state index is 5.58. The van der Waals surface area contributed by atoms with Crippen molar-refractivity contribution in [3.8, 4) is 0 Å². The Morgan fingerprint density at radius 1 is 1.50 bits per heavy atom. The average molecular weight is 226 g/mol. The van der Waals surface area contributed by atoms with Crippen molar-refractivity contribution in [2.75, 3.05) is 20.2 Å². The summed E-state index contributed by atoms with van der Waals surface area (Å²) in [7, 11) is 1.67. The molecule has 1 aromatic heterocycles. The van der Waals surface area contributed by atoms with Gasteiger partial charge in [0.15, 0.2) is 11.7 Å². The molecule has 0 saturated carbocycles. The normalized spacial score (nSPS) is 12.9. The van der Waals surface area contributed by atoms with Crippen molar-refractivity contribution in [1.29, 1.82) is 0 Å². The molecule has 1 atom stereocenters. The monoisotopic (exact) mass is 226 g/mol. The Morgan fingerprint density at radius 2 is 2.31 bits per heavy atom. The van der Waals surface area contributed by atoms with Crippen LogP contribution < -0.4 is 5.32 Å². The van der Waals surface area contributed by atoms with E-state index in [1.54, 1.807) is 13.3 Å². The number of nitrogens with zero attached hydrogens (tertiary/aromatic N) is 1. The van der Waals surface area contributed by atoms with Crippen molar-refractivity contribution < 1.29 is 9.15 Å². The van der Waals surface area contributed by atoms with Crippen molar-refractivity contribution in [2.45, 2.75) is 39.2 Å². The van der Waals surface area contributed by atoms with E-state index in [-0.39, 0.29) is 6.10 Å². The first-order valence-electron chi connectivity index (χ1n) is 5.96. The van der Waals surface area contributed by atoms with Crippen LogP contribution in [0.15, 0.2) is 10.6 Å². The zero-order chi connectivity index (χ0) is 11.8. The van der Waals surface area contributed by atoms with Crippen molar-refractivity contribution in [1.82, 2.24) is 10.3 Å². The van der Waals surface area contributed by atoms with Crippen molar-refractivity contribution >= 4 is 0 Å². The molecule has 1 aromatic rings. The number of aromatic nitrogens is 1. The standard InChI is InChI=1S/C12H22N2O2/c1-4-7-13-8-5-6-12-14-9-11(16-12)10(2)15-3/h9-10,13H,4-8H2,1-3H3. The number of ether oxygens (including phenoxy) is 1. The molecule has 0 aliphatic heterocycles. The summed E-state index contributed by atoms with van der Waals surface area (Å²) in [6.45, 7) is 6.22. The van der Waals surface area contributed by atoms with E-state index in [1.807, 2.05) is 6.92 Å². The minimum Gasteiger partial charge on any atom is -0.443 e. The second-order valence-electron chi connectivity index (χ2n) is 3.89. The number of nitrogens with one attached hydrogen (secondary N) is 1. The summed E-state index contributed by atoms with van der Waals surface area (Å²) in [5.41, 5.74) is 0. The first-order valence-corrected chi connectivity index (χ1v) is 5.96. The lowest BCUT2D eigenvalue weighted by Gasteiger charge is -2.03. The van der Waals surface area contributed by atoms with Gasteiger partial charge in [-0.3, -0.25) is 0 Å². The van der Waals surface area contributed by atoms with Crippen LogP contribution in [0.25, 0.3) is 0 Å². The van der Waals surface area contributed by atoms with Gasteiger partial charge in [0, 0.05) is 13.5 Å². The molecule has 1 unspecified atom stereocenters. The summed E-state index contributed by atoms with van der Waals surface area (Å²) >= 11 is 0. The van der Waals surface area contributed by atoms with Gasteiger partial charge in [-0.15, -0.1) is 0 Å². The predicted octanol–water partition coefficient (Wildman–Crippen LogP) is 2.31. The average Bonchev–Trinajstić information content (AvgIpc) is 2.76. The molecule has 0 spiro atoms. The minimum atomic E-state index is -0.0144. The molecule has 0 fully saturated rings. The molecule has 92 valence electrons. The van der Waals surface area contributed by atoms with Crippen LogP contribution >= 0.6 is 0 Å². The van der Waals surface area contributed by atoms with E-state index in [0.29, 0.717) is 0 Å². The Morgan fingerprint density at radius 3 is 3.00 bits per heavy atom. The summed E-state index contributed by atoms with van der Waals surface area (Å²) in [5.74, 6) is 1.61. The fourth-order valence-electron chi connectivity index (χ4n) is 1.41. The highest BCUT2D eigenvalue weighted by Gasteiger charge is 2.10. The molecule has 0 aliphatic rings. The summed E-state index contributed by atoms with van der Waals surface area (Å²) < 4.78 is 10.7. The molecule has 0 aromatic carbocycles. The topological polar surface area (TPSA) is 47.3 Å². The Kier molecular flexibility index (Phi) is 6.11. The molecule has 4 heteroatoms.